The van der Waals surface area contributed by atoms with Gasteiger partial charge in [-0.25, -0.2) is 14.4 Å². The molecule has 0 bridgehead atoms. The third kappa shape index (κ3) is 3.75. The lowest BCUT2D eigenvalue weighted by atomic mass is 10.1. The molecule has 0 saturated carbocycles. The maximum Gasteiger partial charge on any atom is 0.192 e. The first kappa shape index (κ1) is 14.0. The van der Waals surface area contributed by atoms with E-state index in [4.69, 9.17) is 5.73 Å². The van der Waals surface area contributed by atoms with Crippen LogP contribution >= 0.6 is 11.8 Å². The van der Waals surface area contributed by atoms with E-state index in [-0.39, 0.29) is 11.9 Å². The maximum absolute atomic E-state index is 14.0. The van der Waals surface area contributed by atoms with Gasteiger partial charge in [0.1, 0.15) is 5.82 Å². The smallest absolute Gasteiger partial charge is 0.192 e. The van der Waals surface area contributed by atoms with E-state index in [1.54, 1.807) is 12.3 Å². The first-order valence-corrected chi connectivity index (χ1v) is 6.88. The first-order valence-electron chi connectivity index (χ1n) is 6.06. The highest BCUT2D eigenvalue weighted by Gasteiger charge is 2.13. The Balaban J connectivity index is 2.33. The monoisotopic (exact) mass is 277 g/mol. The third-order valence-electron chi connectivity index (χ3n) is 2.56. The van der Waals surface area contributed by atoms with E-state index in [0.29, 0.717) is 16.5 Å². The zero-order chi connectivity index (χ0) is 13.8. The minimum Gasteiger partial charge on any atom is -0.328 e. The van der Waals surface area contributed by atoms with Gasteiger partial charge < -0.3 is 5.73 Å². The van der Waals surface area contributed by atoms with Gasteiger partial charge in [-0.3, -0.25) is 0 Å². The van der Waals surface area contributed by atoms with Gasteiger partial charge in [0.25, 0.3) is 0 Å². The predicted molar refractivity (Wildman–Crippen MR) is 74.6 cm³/mol. The molecule has 5 heteroatoms. The quantitative estimate of drug-likeness (QED) is 0.873. The van der Waals surface area contributed by atoms with Crippen molar-refractivity contribution in [2.45, 2.75) is 36.4 Å². The number of nitrogens with zero attached hydrogens (tertiary/aromatic N) is 2. The van der Waals surface area contributed by atoms with Gasteiger partial charge in [0, 0.05) is 17.9 Å². The number of nitrogens with two attached hydrogens (primary N) is 1. The Bertz CT molecular complexity index is 572. The molecule has 2 aromatic rings. The Labute approximate surface area is 116 Å². The molecule has 0 radical (unpaired) electrons. The Morgan fingerprint density at radius 1 is 1.37 bits per heavy atom. The van der Waals surface area contributed by atoms with E-state index in [2.05, 4.69) is 9.97 Å². The molecule has 1 aromatic carbocycles. The summed E-state index contributed by atoms with van der Waals surface area (Å²) in [6.45, 7) is 3.79. The van der Waals surface area contributed by atoms with Crippen molar-refractivity contribution in [1.29, 1.82) is 0 Å². The van der Waals surface area contributed by atoms with Crippen molar-refractivity contribution < 1.29 is 4.39 Å². The average Bonchev–Trinajstić information content (AvgIpc) is 2.33. The summed E-state index contributed by atoms with van der Waals surface area (Å²) in [5.41, 5.74) is 7.56. The van der Waals surface area contributed by atoms with Crippen molar-refractivity contribution in [3.05, 3.63) is 47.5 Å². The Kier molecular flexibility index (Phi) is 4.50. The molecule has 19 heavy (non-hydrogen) atoms. The summed E-state index contributed by atoms with van der Waals surface area (Å²) in [4.78, 5) is 8.99. The molecule has 0 fully saturated rings. The highest BCUT2D eigenvalue weighted by molar-refractivity contribution is 7.99. The Morgan fingerprint density at radius 2 is 2.16 bits per heavy atom. The van der Waals surface area contributed by atoms with Crippen LogP contribution in [0.5, 0.6) is 0 Å². The fraction of sp³-hybridized carbons (Fsp3) is 0.286. The molecule has 0 aliphatic carbocycles. The largest absolute Gasteiger partial charge is 0.328 e. The number of benzene rings is 1. The number of rotatable bonds is 4. The van der Waals surface area contributed by atoms with Crippen molar-refractivity contribution in [1.82, 2.24) is 9.97 Å². The predicted octanol–water partition coefficient (Wildman–Crippen LogP) is 2.97. The van der Waals surface area contributed by atoms with E-state index < -0.39 is 0 Å². The molecule has 0 spiro atoms. The first-order chi connectivity index (χ1) is 9.06. The number of hydrogen-bond donors (Lipinski definition) is 1. The van der Waals surface area contributed by atoms with Crippen LogP contribution in [-0.4, -0.2) is 16.0 Å². The van der Waals surface area contributed by atoms with Gasteiger partial charge in [0.2, 0.25) is 0 Å². The molecular formula is C14H16FN3S. The highest BCUT2D eigenvalue weighted by Crippen LogP contribution is 2.31. The maximum atomic E-state index is 14.0. The molecule has 1 aromatic heterocycles. The zero-order valence-electron chi connectivity index (χ0n) is 10.9. The van der Waals surface area contributed by atoms with Gasteiger partial charge in [0.15, 0.2) is 5.16 Å². The summed E-state index contributed by atoms with van der Waals surface area (Å²) in [7, 11) is 0. The second kappa shape index (κ2) is 6.12. The second-order valence-corrected chi connectivity index (χ2v) is 5.47. The lowest BCUT2D eigenvalue weighted by Gasteiger charge is -2.11. The Hall–Kier alpha value is -1.46. The van der Waals surface area contributed by atoms with E-state index in [1.807, 2.05) is 26.0 Å². The van der Waals surface area contributed by atoms with Crippen molar-refractivity contribution in [2.24, 2.45) is 5.73 Å². The third-order valence-corrected chi connectivity index (χ3v) is 3.60. The summed E-state index contributed by atoms with van der Waals surface area (Å²) in [6, 6.07) is 6.84. The molecule has 0 aliphatic rings. The molecule has 0 amide bonds. The van der Waals surface area contributed by atoms with Gasteiger partial charge in [-0.15, -0.1) is 0 Å². The van der Waals surface area contributed by atoms with Crippen LogP contribution in [-0.2, 0) is 6.42 Å². The average molecular weight is 277 g/mol. The van der Waals surface area contributed by atoms with Crippen molar-refractivity contribution in [3.63, 3.8) is 0 Å². The fourth-order valence-corrected chi connectivity index (χ4v) is 2.68. The van der Waals surface area contributed by atoms with E-state index >= 15 is 0 Å². The fourth-order valence-electron chi connectivity index (χ4n) is 1.74. The van der Waals surface area contributed by atoms with Gasteiger partial charge >= 0.3 is 0 Å². The summed E-state index contributed by atoms with van der Waals surface area (Å²) in [5, 5.41) is 0.552. The number of aromatic nitrogens is 2. The molecule has 2 rings (SSSR count). The highest BCUT2D eigenvalue weighted by atomic mass is 32.2. The minimum atomic E-state index is -0.256. The number of aryl methyl sites for hydroxylation is 1. The molecule has 0 saturated heterocycles. The van der Waals surface area contributed by atoms with Crippen LogP contribution < -0.4 is 5.73 Å². The SMILES string of the molecule is Cc1ccnc(Sc2c(F)cccc2CC(C)N)n1. The Morgan fingerprint density at radius 3 is 2.84 bits per heavy atom. The molecule has 2 N–H and O–H groups in total. The molecule has 0 aliphatic heterocycles. The topological polar surface area (TPSA) is 51.8 Å². The van der Waals surface area contributed by atoms with Gasteiger partial charge in [0.05, 0.1) is 4.90 Å². The van der Waals surface area contributed by atoms with Crippen molar-refractivity contribution in [2.75, 3.05) is 0 Å². The van der Waals surface area contributed by atoms with Gasteiger partial charge in [-0.1, -0.05) is 12.1 Å². The van der Waals surface area contributed by atoms with Crippen LogP contribution in [0, 0.1) is 12.7 Å². The van der Waals surface area contributed by atoms with Crippen LogP contribution in [0.25, 0.3) is 0 Å². The lowest BCUT2D eigenvalue weighted by molar-refractivity contribution is 0.592. The van der Waals surface area contributed by atoms with Crippen molar-refractivity contribution in [3.8, 4) is 0 Å². The van der Waals surface area contributed by atoms with Crippen LogP contribution in [0.2, 0.25) is 0 Å². The van der Waals surface area contributed by atoms with Gasteiger partial charge in [-0.05, 0) is 49.7 Å². The second-order valence-electron chi connectivity index (χ2n) is 4.49. The molecule has 1 atom stereocenters. The van der Waals surface area contributed by atoms with E-state index in [9.17, 15) is 4.39 Å². The summed E-state index contributed by atoms with van der Waals surface area (Å²) in [5.74, 6) is -0.256. The van der Waals surface area contributed by atoms with Crippen LogP contribution in [0.3, 0.4) is 0 Å². The normalized spacial score (nSPS) is 12.4. The van der Waals surface area contributed by atoms with Crippen LogP contribution in [0.1, 0.15) is 18.2 Å². The molecule has 1 heterocycles. The summed E-state index contributed by atoms with van der Waals surface area (Å²) < 4.78 is 14.0. The standard InChI is InChI=1S/C14H16FN3S/c1-9(16)8-11-4-3-5-12(15)13(11)19-14-17-7-6-10(2)18-14/h3-7,9H,8,16H2,1-2H3. The van der Waals surface area contributed by atoms with Crippen molar-refractivity contribution >= 4 is 11.8 Å². The van der Waals surface area contributed by atoms with Gasteiger partial charge in [-0.2, -0.15) is 0 Å². The number of halogens is 1. The zero-order valence-corrected chi connectivity index (χ0v) is 11.7. The number of hydrogen-bond acceptors (Lipinski definition) is 4. The van der Waals surface area contributed by atoms with E-state index in [0.717, 1.165) is 11.3 Å². The molecule has 100 valence electrons. The lowest BCUT2D eigenvalue weighted by Crippen LogP contribution is -2.18. The molecule has 3 nitrogen and oxygen atoms in total. The van der Waals surface area contributed by atoms with Crippen LogP contribution in [0.15, 0.2) is 40.5 Å². The molecular weight excluding hydrogens is 261 g/mol. The van der Waals surface area contributed by atoms with E-state index in [1.165, 1.54) is 17.8 Å². The minimum absolute atomic E-state index is 0.0143. The summed E-state index contributed by atoms with van der Waals surface area (Å²) in [6.07, 6.45) is 2.31. The molecule has 1 unspecified atom stereocenters. The summed E-state index contributed by atoms with van der Waals surface area (Å²) >= 11 is 1.24. The van der Waals surface area contributed by atoms with Crippen LogP contribution in [0.4, 0.5) is 4.39 Å².